The number of aryl methyl sites for hydroxylation is 1. The van der Waals surface area contributed by atoms with Crippen LogP contribution in [-0.2, 0) is 16.0 Å². The van der Waals surface area contributed by atoms with E-state index in [1.54, 1.807) is 6.20 Å². The number of benzene rings is 1. The summed E-state index contributed by atoms with van der Waals surface area (Å²) in [6.45, 7) is 1.34. The van der Waals surface area contributed by atoms with Gasteiger partial charge in [0.2, 0.25) is 5.91 Å². The van der Waals surface area contributed by atoms with Crippen molar-refractivity contribution in [2.75, 3.05) is 13.2 Å². The first-order chi connectivity index (χ1) is 11.8. The van der Waals surface area contributed by atoms with Gasteiger partial charge in [-0.15, -0.1) is 6.42 Å². The smallest absolute Gasteiger partial charge is 0.221 e. The minimum absolute atomic E-state index is 0.0303. The molecule has 3 rings (SSSR count). The minimum atomic E-state index is -0.243. The molecule has 0 radical (unpaired) electrons. The van der Waals surface area contributed by atoms with Crippen molar-refractivity contribution in [1.29, 1.82) is 0 Å². The van der Waals surface area contributed by atoms with Crippen LogP contribution < -0.4 is 5.32 Å². The lowest BCUT2D eigenvalue weighted by Crippen LogP contribution is -2.39. The monoisotopic (exact) mass is 323 g/mol. The molecule has 5 heteroatoms. The topological polar surface area (TPSA) is 56.2 Å². The van der Waals surface area contributed by atoms with Crippen LogP contribution in [0.5, 0.6) is 0 Å². The molecular formula is C19H21N3O2. The lowest BCUT2D eigenvalue weighted by atomic mass is 9.99. The highest BCUT2D eigenvalue weighted by Crippen LogP contribution is 2.16. The van der Waals surface area contributed by atoms with Gasteiger partial charge in [-0.1, -0.05) is 24.1 Å². The van der Waals surface area contributed by atoms with Crippen LogP contribution in [0.2, 0.25) is 0 Å². The number of carbonyl (C=O) groups excluding carboxylic acids is 1. The van der Waals surface area contributed by atoms with Gasteiger partial charge in [0, 0.05) is 25.1 Å². The van der Waals surface area contributed by atoms with Crippen LogP contribution in [0.1, 0.15) is 18.4 Å². The number of terminal acetylenes is 1. The summed E-state index contributed by atoms with van der Waals surface area (Å²) in [6.07, 6.45) is 11.2. The van der Waals surface area contributed by atoms with Gasteiger partial charge < -0.3 is 10.1 Å². The predicted octanol–water partition coefficient (Wildman–Crippen LogP) is 1.96. The Labute approximate surface area is 142 Å². The average molecular weight is 323 g/mol. The SMILES string of the molecule is C#CC(NC(=O)CCc1cnn(-c2ccccc2)c1)C1CCOC1. The van der Waals surface area contributed by atoms with Gasteiger partial charge in [-0.3, -0.25) is 4.79 Å². The minimum Gasteiger partial charge on any atom is -0.381 e. The Morgan fingerprint density at radius 3 is 3.00 bits per heavy atom. The highest BCUT2D eigenvalue weighted by molar-refractivity contribution is 5.77. The van der Waals surface area contributed by atoms with Gasteiger partial charge in [0.25, 0.3) is 0 Å². The van der Waals surface area contributed by atoms with Crippen LogP contribution in [0.25, 0.3) is 5.69 Å². The van der Waals surface area contributed by atoms with Crippen LogP contribution in [0, 0.1) is 18.3 Å². The fraction of sp³-hybridized carbons (Fsp3) is 0.368. The van der Waals surface area contributed by atoms with Crippen LogP contribution in [-0.4, -0.2) is 34.9 Å². The first-order valence-corrected chi connectivity index (χ1v) is 8.18. The molecule has 2 atom stereocenters. The zero-order valence-electron chi connectivity index (χ0n) is 13.5. The first kappa shape index (κ1) is 16.3. The van der Waals surface area contributed by atoms with E-state index in [0.29, 0.717) is 19.4 Å². The van der Waals surface area contributed by atoms with E-state index < -0.39 is 0 Å². The van der Waals surface area contributed by atoms with Crippen molar-refractivity contribution in [2.45, 2.75) is 25.3 Å². The van der Waals surface area contributed by atoms with Gasteiger partial charge in [-0.05, 0) is 30.5 Å². The van der Waals surface area contributed by atoms with Crippen LogP contribution >= 0.6 is 0 Å². The number of aromatic nitrogens is 2. The summed E-state index contributed by atoms with van der Waals surface area (Å²) in [5.41, 5.74) is 2.03. The highest BCUT2D eigenvalue weighted by atomic mass is 16.5. The Hall–Kier alpha value is -2.58. The van der Waals surface area contributed by atoms with Gasteiger partial charge in [0.1, 0.15) is 0 Å². The van der Waals surface area contributed by atoms with Gasteiger partial charge in [-0.25, -0.2) is 4.68 Å². The predicted molar refractivity (Wildman–Crippen MR) is 91.6 cm³/mol. The maximum Gasteiger partial charge on any atom is 0.221 e. The van der Waals surface area contributed by atoms with E-state index in [1.807, 2.05) is 41.2 Å². The molecule has 1 aromatic carbocycles. The molecule has 1 aliphatic heterocycles. The Morgan fingerprint density at radius 1 is 1.46 bits per heavy atom. The third kappa shape index (κ3) is 4.03. The first-order valence-electron chi connectivity index (χ1n) is 8.18. The number of ether oxygens (including phenoxy) is 1. The van der Waals surface area contributed by atoms with E-state index in [4.69, 9.17) is 11.2 Å². The van der Waals surface area contributed by atoms with Crippen molar-refractivity contribution in [3.63, 3.8) is 0 Å². The van der Waals surface area contributed by atoms with Crippen molar-refractivity contribution in [1.82, 2.24) is 15.1 Å². The van der Waals surface area contributed by atoms with E-state index in [0.717, 1.165) is 24.3 Å². The van der Waals surface area contributed by atoms with Gasteiger partial charge >= 0.3 is 0 Å². The summed E-state index contributed by atoms with van der Waals surface area (Å²) < 4.78 is 7.15. The molecule has 1 aromatic heterocycles. The quantitative estimate of drug-likeness (QED) is 0.827. The third-order valence-corrected chi connectivity index (χ3v) is 4.23. The van der Waals surface area contributed by atoms with E-state index in [1.165, 1.54) is 0 Å². The number of hydrogen-bond acceptors (Lipinski definition) is 3. The molecule has 1 N–H and O–H groups in total. The van der Waals surface area contributed by atoms with Crippen molar-refractivity contribution >= 4 is 5.91 Å². The molecule has 2 aromatic rings. The largest absolute Gasteiger partial charge is 0.381 e. The van der Waals surface area contributed by atoms with Crippen LogP contribution in [0.3, 0.4) is 0 Å². The normalized spacial score (nSPS) is 18.0. The van der Waals surface area contributed by atoms with Crippen molar-refractivity contribution in [3.05, 3.63) is 48.3 Å². The summed E-state index contributed by atoms with van der Waals surface area (Å²) in [5.74, 6) is 2.86. The fourth-order valence-corrected chi connectivity index (χ4v) is 2.83. The molecule has 0 bridgehead atoms. The molecule has 0 spiro atoms. The second-order valence-electron chi connectivity index (χ2n) is 5.96. The summed E-state index contributed by atoms with van der Waals surface area (Å²) in [6, 6.07) is 9.64. The van der Waals surface area contributed by atoms with E-state index >= 15 is 0 Å². The lowest BCUT2D eigenvalue weighted by Gasteiger charge is -2.18. The number of hydrogen-bond donors (Lipinski definition) is 1. The van der Waals surface area contributed by atoms with E-state index in [-0.39, 0.29) is 17.9 Å². The van der Waals surface area contributed by atoms with E-state index in [2.05, 4.69) is 16.3 Å². The third-order valence-electron chi connectivity index (χ3n) is 4.23. The molecule has 2 unspecified atom stereocenters. The molecule has 124 valence electrons. The molecule has 1 amide bonds. The molecule has 0 aliphatic carbocycles. The molecule has 24 heavy (non-hydrogen) atoms. The number of para-hydroxylation sites is 1. The van der Waals surface area contributed by atoms with Crippen molar-refractivity contribution in [3.8, 4) is 18.0 Å². The summed E-state index contributed by atoms with van der Waals surface area (Å²) in [5, 5.41) is 7.28. The van der Waals surface area contributed by atoms with Gasteiger partial charge in [0.05, 0.1) is 24.5 Å². The lowest BCUT2D eigenvalue weighted by molar-refractivity contribution is -0.121. The average Bonchev–Trinajstić information content (AvgIpc) is 3.30. The number of nitrogens with zero attached hydrogens (tertiary/aromatic N) is 2. The highest BCUT2D eigenvalue weighted by Gasteiger charge is 2.25. The van der Waals surface area contributed by atoms with Gasteiger partial charge in [0.15, 0.2) is 0 Å². The summed E-state index contributed by atoms with van der Waals surface area (Å²) >= 11 is 0. The van der Waals surface area contributed by atoms with Crippen LogP contribution in [0.4, 0.5) is 0 Å². The summed E-state index contributed by atoms with van der Waals surface area (Å²) in [7, 11) is 0. The van der Waals surface area contributed by atoms with Crippen LogP contribution in [0.15, 0.2) is 42.7 Å². The second-order valence-corrected chi connectivity index (χ2v) is 5.96. The number of amides is 1. The number of nitrogens with one attached hydrogen (secondary N) is 1. The van der Waals surface area contributed by atoms with Crippen molar-refractivity contribution in [2.24, 2.45) is 5.92 Å². The number of rotatable bonds is 6. The van der Waals surface area contributed by atoms with Gasteiger partial charge in [-0.2, -0.15) is 5.10 Å². The number of carbonyl (C=O) groups is 1. The molecule has 1 fully saturated rings. The summed E-state index contributed by atoms with van der Waals surface area (Å²) in [4.78, 5) is 12.1. The fourth-order valence-electron chi connectivity index (χ4n) is 2.83. The zero-order chi connectivity index (χ0) is 16.8. The Balaban J connectivity index is 1.51. The van der Waals surface area contributed by atoms with Crippen molar-refractivity contribution < 1.29 is 9.53 Å². The molecule has 2 heterocycles. The zero-order valence-corrected chi connectivity index (χ0v) is 13.5. The molecule has 5 nitrogen and oxygen atoms in total. The Bertz CT molecular complexity index is 712. The molecule has 1 aliphatic rings. The second kappa shape index (κ2) is 7.80. The molecular weight excluding hydrogens is 302 g/mol. The standard InChI is InChI=1S/C19H21N3O2/c1-2-18(16-10-11-24-14-16)21-19(23)9-8-15-12-20-22(13-15)17-6-4-3-5-7-17/h1,3-7,12-13,16,18H,8-11,14H2,(H,21,23). The van der Waals surface area contributed by atoms with E-state index in [9.17, 15) is 4.79 Å². The Kier molecular flexibility index (Phi) is 5.29. The Morgan fingerprint density at radius 2 is 2.29 bits per heavy atom. The molecule has 0 saturated carbocycles. The maximum absolute atomic E-state index is 12.1. The maximum atomic E-state index is 12.1. The molecule has 1 saturated heterocycles.